The molecule has 2 aromatic rings. The molecule has 7 nitrogen and oxygen atoms in total. The van der Waals surface area contributed by atoms with Crippen molar-refractivity contribution >= 4 is 23.3 Å². The van der Waals surface area contributed by atoms with E-state index in [1.807, 2.05) is 4.90 Å². The van der Waals surface area contributed by atoms with Crippen LogP contribution in [0, 0.1) is 11.6 Å². The van der Waals surface area contributed by atoms with Crippen molar-refractivity contribution in [3.05, 3.63) is 53.9 Å². The summed E-state index contributed by atoms with van der Waals surface area (Å²) in [4.78, 5) is 26.8. The summed E-state index contributed by atoms with van der Waals surface area (Å²) in [6, 6.07) is 3.90. The quantitative estimate of drug-likeness (QED) is 0.580. The van der Waals surface area contributed by atoms with Crippen LogP contribution in [-0.4, -0.2) is 54.3 Å². The van der Waals surface area contributed by atoms with Gasteiger partial charge in [0.1, 0.15) is 0 Å². The van der Waals surface area contributed by atoms with E-state index in [4.69, 9.17) is 9.90 Å². The molecule has 14 heteroatoms. The van der Waals surface area contributed by atoms with Crippen LogP contribution < -0.4 is 15.5 Å². The molecule has 3 N–H and O–H groups in total. The largest absolute Gasteiger partial charge is 0.490 e. The first-order valence-electron chi connectivity index (χ1n) is 9.19. The van der Waals surface area contributed by atoms with Crippen molar-refractivity contribution in [2.45, 2.75) is 12.1 Å². The van der Waals surface area contributed by atoms with E-state index in [0.29, 0.717) is 44.0 Å². The Hall–Kier alpha value is -3.42. The Morgan fingerprint density at radius 1 is 1.06 bits per heavy atom. The molecular formula is C19H17F7N4O3. The molecule has 0 bridgehead atoms. The molecule has 180 valence electrons. The first kappa shape index (κ1) is 25.8. The van der Waals surface area contributed by atoms with Gasteiger partial charge >= 0.3 is 18.1 Å². The number of carboxylic acid groups (broad SMARTS) is 1. The van der Waals surface area contributed by atoms with Gasteiger partial charge in [-0.2, -0.15) is 22.0 Å². The van der Waals surface area contributed by atoms with Gasteiger partial charge in [-0.05, 0) is 18.2 Å². The van der Waals surface area contributed by atoms with Crippen molar-refractivity contribution in [2.24, 2.45) is 0 Å². The van der Waals surface area contributed by atoms with Gasteiger partial charge in [0, 0.05) is 32.4 Å². The van der Waals surface area contributed by atoms with Crippen molar-refractivity contribution in [1.29, 1.82) is 0 Å². The minimum atomic E-state index is -5.08. The molecule has 33 heavy (non-hydrogen) atoms. The minimum Gasteiger partial charge on any atom is -0.475 e. The highest BCUT2D eigenvalue weighted by atomic mass is 19.4. The predicted molar refractivity (Wildman–Crippen MR) is 102 cm³/mol. The number of nitrogens with zero attached hydrogens (tertiary/aromatic N) is 2. The average molecular weight is 482 g/mol. The van der Waals surface area contributed by atoms with E-state index in [1.54, 1.807) is 6.07 Å². The van der Waals surface area contributed by atoms with Gasteiger partial charge in [-0.25, -0.2) is 13.6 Å². The number of carbonyl (C=O) groups excluding carboxylic acids is 1. The van der Waals surface area contributed by atoms with E-state index in [1.165, 1.54) is 12.4 Å². The average Bonchev–Trinajstić information content (AvgIpc) is 2.76. The van der Waals surface area contributed by atoms with Crippen molar-refractivity contribution in [2.75, 3.05) is 36.4 Å². The maximum Gasteiger partial charge on any atom is 0.490 e. The van der Waals surface area contributed by atoms with E-state index in [-0.39, 0.29) is 5.69 Å². The topological polar surface area (TPSA) is 94.6 Å². The van der Waals surface area contributed by atoms with E-state index >= 15 is 0 Å². The molecule has 1 saturated heterocycles. The molecule has 1 aliphatic rings. The predicted octanol–water partition coefficient (Wildman–Crippen LogP) is 3.13. The number of anilines is 2. The van der Waals surface area contributed by atoms with Gasteiger partial charge < -0.3 is 20.6 Å². The number of carboxylic acids is 1. The number of aliphatic carboxylic acids is 1. The second-order valence-corrected chi connectivity index (χ2v) is 6.56. The molecular weight excluding hydrogens is 465 g/mol. The highest BCUT2D eigenvalue weighted by molar-refractivity contribution is 5.99. The molecule has 3 rings (SSSR count). The molecule has 1 amide bonds. The van der Waals surface area contributed by atoms with Crippen LogP contribution in [0.3, 0.4) is 0 Å². The Kier molecular flexibility index (Phi) is 8.19. The first-order valence-corrected chi connectivity index (χ1v) is 9.19. The highest BCUT2D eigenvalue weighted by Gasteiger charge is 2.44. The van der Waals surface area contributed by atoms with Crippen LogP contribution in [0.2, 0.25) is 0 Å². The van der Waals surface area contributed by atoms with Crippen molar-refractivity contribution in [1.82, 2.24) is 10.3 Å². The van der Waals surface area contributed by atoms with Crippen LogP contribution >= 0.6 is 0 Å². The van der Waals surface area contributed by atoms with Crippen LogP contribution in [0.25, 0.3) is 0 Å². The van der Waals surface area contributed by atoms with Crippen molar-refractivity contribution in [3.8, 4) is 0 Å². The number of rotatable bonds is 4. The molecule has 0 aliphatic carbocycles. The van der Waals surface area contributed by atoms with E-state index in [0.717, 1.165) is 6.07 Å². The van der Waals surface area contributed by atoms with Gasteiger partial charge in [-0.3, -0.25) is 9.78 Å². The second kappa shape index (κ2) is 10.5. The number of aromatic nitrogens is 1. The minimum absolute atomic E-state index is 0.0795. The maximum atomic E-state index is 14.4. The summed E-state index contributed by atoms with van der Waals surface area (Å²) in [5.74, 6) is -12.0. The van der Waals surface area contributed by atoms with Crippen molar-refractivity contribution < 1.29 is 45.4 Å². The third-order valence-electron chi connectivity index (χ3n) is 4.32. The smallest absolute Gasteiger partial charge is 0.475 e. The number of pyridine rings is 1. The van der Waals surface area contributed by atoms with Crippen LogP contribution in [-0.2, 0) is 15.5 Å². The SMILES string of the molecule is O=C(Nc1cnccc1N1CCNCC1)C(F)(F)c1cccc(F)c1F.O=C(O)C(F)(F)F. The summed E-state index contributed by atoms with van der Waals surface area (Å²) in [5.41, 5.74) is -0.705. The number of alkyl halides is 5. The Morgan fingerprint density at radius 3 is 2.24 bits per heavy atom. The summed E-state index contributed by atoms with van der Waals surface area (Å²) in [5, 5.41) is 12.4. The number of carbonyl (C=O) groups is 2. The highest BCUT2D eigenvalue weighted by Crippen LogP contribution is 2.34. The number of halogens is 7. The molecule has 0 saturated carbocycles. The van der Waals surface area contributed by atoms with Crippen molar-refractivity contribution in [3.63, 3.8) is 0 Å². The van der Waals surface area contributed by atoms with Gasteiger partial charge in [0.25, 0.3) is 5.91 Å². The molecule has 0 unspecified atom stereocenters. The fourth-order valence-corrected chi connectivity index (χ4v) is 2.73. The number of hydrogen-bond donors (Lipinski definition) is 3. The molecule has 0 radical (unpaired) electrons. The normalized spacial score (nSPS) is 14.2. The van der Waals surface area contributed by atoms with E-state index in [9.17, 15) is 35.5 Å². The lowest BCUT2D eigenvalue weighted by Gasteiger charge is -2.31. The number of nitrogens with one attached hydrogen (secondary N) is 2. The van der Waals surface area contributed by atoms with Crippen LogP contribution in [0.15, 0.2) is 36.7 Å². The lowest BCUT2D eigenvalue weighted by molar-refractivity contribution is -0.192. The molecule has 0 spiro atoms. The lowest BCUT2D eigenvalue weighted by atomic mass is 10.1. The molecule has 1 aliphatic heterocycles. The van der Waals surface area contributed by atoms with E-state index in [2.05, 4.69) is 15.6 Å². The fourth-order valence-electron chi connectivity index (χ4n) is 2.73. The summed E-state index contributed by atoms with van der Waals surface area (Å²) < 4.78 is 87.5. The Morgan fingerprint density at radius 2 is 1.67 bits per heavy atom. The number of hydrogen-bond acceptors (Lipinski definition) is 5. The van der Waals surface area contributed by atoms with Crippen LogP contribution in [0.1, 0.15) is 5.56 Å². The van der Waals surface area contributed by atoms with Gasteiger partial charge in [-0.15, -0.1) is 0 Å². The maximum absolute atomic E-state index is 14.4. The molecule has 0 atom stereocenters. The third-order valence-corrected chi connectivity index (χ3v) is 4.32. The Balaban J connectivity index is 0.000000479. The summed E-state index contributed by atoms with van der Waals surface area (Å²) in [6.07, 6.45) is -2.36. The van der Waals surface area contributed by atoms with Crippen LogP contribution in [0.4, 0.5) is 42.1 Å². The zero-order valence-corrected chi connectivity index (χ0v) is 16.6. The van der Waals surface area contributed by atoms with Crippen LogP contribution in [0.5, 0.6) is 0 Å². The molecule has 2 heterocycles. The Bertz CT molecular complexity index is 996. The Labute approximate surface area is 182 Å². The lowest BCUT2D eigenvalue weighted by Crippen LogP contribution is -2.44. The monoisotopic (exact) mass is 482 g/mol. The molecule has 1 aromatic heterocycles. The van der Waals surface area contributed by atoms with Gasteiger partial charge in [0.2, 0.25) is 0 Å². The summed E-state index contributed by atoms with van der Waals surface area (Å²) in [6.45, 7) is 2.67. The van der Waals surface area contributed by atoms with Gasteiger partial charge in [0.15, 0.2) is 11.6 Å². The number of benzene rings is 1. The second-order valence-electron chi connectivity index (χ2n) is 6.56. The fraction of sp³-hybridized carbons (Fsp3) is 0.316. The molecule has 1 aromatic carbocycles. The molecule has 1 fully saturated rings. The zero-order chi connectivity index (χ0) is 24.8. The number of amides is 1. The van der Waals surface area contributed by atoms with E-state index < -0.39 is 41.2 Å². The van der Waals surface area contributed by atoms with Gasteiger partial charge in [-0.1, -0.05) is 6.07 Å². The van der Waals surface area contributed by atoms with Gasteiger partial charge in [0.05, 0.1) is 23.1 Å². The zero-order valence-electron chi connectivity index (χ0n) is 16.6. The first-order chi connectivity index (χ1) is 15.4. The third kappa shape index (κ3) is 6.54. The number of piperazine rings is 1. The summed E-state index contributed by atoms with van der Waals surface area (Å²) in [7, 11) is 0. The summed E-state index contributed by atoms with van der Waals surface area (Å²) >= 11 is 0. The standard InChI is InChI=1S/C17H16F4N4O.C2HF3O2/c18-12-3-1-2-11(15(12)19)17(20,21)16(26)24-13-10-23-5-4-14(13)25-8-6-22-7-9-25;3-2(4,5)1(6)7/h1-5,10,22H,6-9H2,(H,24,26);(H,6,7).